The van der Waals surface area contributed by atoms with Crippen LogP contribution in [0.4, 0.5) is 0 Å². The van der Waals surface area contributed by atoms with Crippen LogP contribution in [0.5, 0.6) is 0 Å². The van der Waals surface area contributed by atoms with Gasteiger partial charge in [-0.05, 0) is 28.2 Å². The first kappa shape index (κ1) is 9.96. The number of pyridine rings is 1. The standard InChI is InChI=1S/C8H6N2OS2/c9-7(11)4-6-12-13-8-3-1-2-5-10-8/h1-3,5H,(H2,9,11). The highest BCUT2D eigenvalue weighted by atomic mass is 33.1. The molecule has 1 aromatic rings. The summed E-state index contributed by atoms with van der Waals surface area (Å²) < 4.78 is 0. The van der Waals surface area contributed by atoms with Crippen molar-refractivity contribution < 1.29 is 4.79 Å². The molecular weight excluding hydrogens is 204 g/mol. The molecule has 0 aromatic carbocycles. The monoisotopic (exact) mass is 210 g/mol. The van der Waals surface area contributed by atoms with Crippen LogP contribution in [0.1, 0.15) is 0 Å². The van der Waals surface area contributed by atoms with Crippen LogP contribution in [0.2, 0.25) is 0 Å². The van der Waals surface area contributed by atoms with Gasteiger partial charge in [0.2, 0.25) is 0 Å². The molecule has 0 aliphatic carbocycles. The maximum Gasteiger partial charge on any atom is 0.294 e. The van der Waals surface area contributed by atoms with E-state index in [-0.39, 0.29) is 0 Å². The molecular formula is C8H6N2OS2. The molecule has 0 saturated carbocycles. The molecule has 0 fully saturated rings. The molecule has 0 saturated heterocycles. The Bertz CT molecular complexity index is 342. The molecule has 1 heterocycles. The SMILES string of the molecule is NC(=O)C#CSSc1ccccn1. The van der Waals surface area contributed by atoms with Gasteiger partial charge in [-0.15, -0.1) is 0 Å². The zero-order valence-electron chi connectivity index (χ0n) is 6.56. The van der Waals surface area contributed by atoms with Crippen LogP contribution in [0.3, 0.4) is 0 Å². The second-order valence-electron chi connectivity index (χ2n) is 1.93. The fourth-order valence-electron chi connectivity index (χ4n) is 0.531. The maximum absolute atomic E-state index is 10.2. The second-order valence-corrected chi connectivity index (χ2v) is 3.88. The van der Waals surface area contributed by atoms with Crippen LogP contribution in [-0.4, -0.2) is 10.9 Å². The number of aromatic nitrogens is 1. The van der Waals surface area contributed by atoms with Gasteiger partial charge in [-0.1, -0.05) is 6.07 Å². The van der Waals surface area contributed by atoms with Gasteiger partial charge in [0.15, 0.2) is 0 Å². The molecule has 5 heteroatoms. The first-order valence-corrected chi connectivity index (χ1v) is 5.49. The molecule has 3 nitrogen and oxygen atoms in total. The van der Waals surface area contributed by atoms with E-state index in [1.54, 1.807) is 6.20 Å². The summed E-state index contributed by atoms with van der Waals surface area (Å²) in [5, 5.41) is 3.40. The minimum absolute atomic E-state index is 0.617. The van der Waals surface area contributed by atoms with E-state index >= 15 is 0 Å². The van der Waals surface area contributed by atoms with E-state index in [1.165, 1.54) is 21.6 Å². The Balaban J connectivity index is 2.37. The molecule has 0 bridgehead atoms. The molecule has 0 spiro atoms. The predicted octanol–water partition coefficient (Wildman–Crippen LogP) is 1.27. The van der Waals surface area contributed by atoms with E-state index in [9.17, 15) is 4.79 Å². The molecule has 0 atom stereocenters. The van der Waals surface area contributed by atoms with Crippen molar-refractivity contribution in [1.82, 2.24) is 4.98 Å². The minimum atomic E-state index is -0.617. The predicted molar refractivity (Wildman–Crippen MR) is 54.7 cm³/mol. The number of nitrogens with zero attached hydrogens (tertiary/aromatic N) is 1. The number of carbonyl (C=O) groups is 1. The summed E-state index contributed by atoms with van der Waals surface area (Å²) in [6.45, 7) is 0. The van der Waals surface area contributed by atoms with Crippen molar-refractivity contribution in [3.63, 3.8) is 0 Å². The third-order valence-electron chi connectivity index (χ3n) is 0.981. The molecule has 66 valence electrons. The first-order chi connectivity index (χ1) is 6.29. The number of hydrogen-bond acceptors (Lipinski definition) is 4. The number of rotatable bonds is 2. The van der Waals surface area contributed by atoms with E-state index in [0.29, 0.717) is 0 Å². The lowest BCUT2D eigenvalue weighted by Crippen LogP contribution is -2.05. The Morgan fingerprint density at radius 1 is 1.54 bits per heavy atom. The Kier molecular flexibility index (Phi) is 4.23. The van der Waals surface area contributed by atoms with Gasteiger partial charge in [-0.2, -0.15) is 0 Å². The molecule has 1 rings (SSSR count). The molecule has 0 unspecified atom stereocenters. The van der Waals surface area contributed by atoms with Gasteiger partial charge < -0.3 is 5.73 Å². The summed E-state index contributed by atoms with van der Waals surface area (Å²) in [6.07, 6.45) is 1.70. The third-order valence-corrected chi connectivity index (χ3v) is 2.67. The second kappa shape index (κ2) is 5.51. The lowest BCUT2D eigenvalue weighted by molar-refractivity contribution is -0.112. The average Bonchev–Trinajstić information content (AvgIpc) is 2.14. The highest BCUT2D eigenvalue weighted by molar-refractivity contribution is 8.78. The Labute approximate surface area is 83.9 Å². The Morgan fingerprint density at radius 3 is 3.00 bits per heavy atom. The van der Waals surface area contributed by atoms with Gasteiger partial charge in [0.05, 0.1) is 0 Å². The van der Waals surface area contributed by atoms with Gasteiger partial charge >= 0.3 is 0 Å². The van der Waals surface area contributed by atoms with E-state index in [2.05, 4.69) is 16.2 Å². The molecule has 0 aliphatic rings. The quantitative estimate of drug-likeness (QED) is 0.590. The summed E-state index contributed by atoms with van der Waals surface area (Å²) in [6, 6.07) is 5.59. The van der Waals surface area contributed by atoms with Crippen molar-refractivity contribution in [1.29, 1.82) is 0 Å². The highest BCUT2D eigenvalue weighted by Crippen LogP contribution is 2.27. The number of carbonyl (C=O) groups excluding carboxylic acids is 1. The maximum atomic E-state index is 10.2. The number of primary amides is 1. The molecule has 0 radical (unpaired) electrons. The van der Waals surface area contributed by atoms with Crippen molar-refractivity contribution in [2.45, 2.75) is 5.03 Å². The van der Waals surface area contributed by atoms with Gasteiger partial charge in [0.25, 0.3) is 5.91 Å². The summed E-state index contributed by atoms with van der Waals surface area (Å²) in [5.74, 6) is 1.60. The molecule has 1 aromatic heterocycles. The smallest absolute Gasteiger partial charge is 0.294 e. The van der Waals surface area contributed by atoms with E-state index < -0.39 is 5.91 Å². The summed E-state index contributed by atoms with van der Waals surface area (Å²) in [4.78, 5) is 14.3. The molecule has 13 heavy (non-hydrogen) atoms. The fourth-order valence-corrected chi connectivity index (χ4v) is 1.84. The van der Waals surface area contributed by atoms with Crippen LogP contribution in [-0.2, 0) is 4.79 Å². The van der Waals surface area contributed by atoms with Crippen LogP contribution in [0, 0.1) is 11.2 Å². The summed E-state index contributed by atoms with van der Waals surface area (Å²) in [5.41, 5.74) is 4.82. The van der Waals surface area contributed by atoms with Crippen molar-refractivity contribution in [2.24, 2.45) is 5.73 Å². The largest absolute Gasteiger partial charge is 0.359 e. The van der Waals surface area contributed by atoms with Gasteiger partial charge in [0.1, 0.15) is 5.03 Å². The van der Waals surface area contributed by atoms with Crippen molar-refractivity contribution in [3.8, 4) is 11.2 Å². The van der Waals surface area contributed by atoms with Crippen molar-refractivity contribution >= 4 is 27.5 Å². The zero-order chi connectivity index (χ0) is 9.52. The van der Waals surface area contributed by atoms with E-state index in [4.69, 9.17) is 5.73 Å². The van der Waals surface area contributed by atoms with Gasteiger partial charge in [0, 0.05) is 22.9 Å². The van der Waals surface area contributed by atoms with Crippen molar-refractivity contribution in [2.75, 3.05) is 0 Å². The molecule has 2 N–H and O–H groups in total. The summed E-state index contributed by atoms with van der Waals surface area (Å²) in [7, 11) is 2.61. The average molecular weight is 210 g/mol. The number of amides is 1. The number of hydrogen-bond donors (Lipinski definition) is 1. The molecule has 1 amide bonds. The topological polar surface area (TPSA) is 56.0 Å². The highest BCUT2D eigenvalue weighted by Gasteiger charge is 1.91. The summed E-state index contributed by atoms with van der Waals surface area (Å²) >= 11 is 0. The lowest BCUT2D eigenvalue weighted by atomic mass is 10.5. The van der Waals surface area contributed by atoms with Crippen LogP contribution in [0.25, 0.3) is 0 Å². The third kappa shape index (κ3) is 4.45. The normalized spacial score (nSPS) is 8.62. The Morgan fingerprint density at radius 2 is 2.38 bits per heavy atom. The first-order valence-electron chi connectivity index (χ1n) is 3.34. The number of nitrogens with two attached hydrogens (primary N) is 1. The Hall–Kier alpha value is -1.12. The lowest BCUT2D eigenvalue weighted by Gasteiger charge is -1.91. The van der Waals surface area contributed by atoms with Gasteiger partial charge in [-0.25, -0.2) is 4.98 Å². The molecule has 0 aliphatic heterocycles. The van der Waals surface area contributed by atoms with E-state index in [0.717, 1.165) is 5.03 Å². The van der Waals surface area contributed by atoms with Crippen molar-refractivity contribution in [3.05, 3.63) is 24.4 Å². The van der Waals surface area contributed by atoms with Crippen LogP contribution < -0.4 is 5.73 Å². The zero-order valence-corrected chi connectivity index (χ0v) is 8.19. The fraction of sp³-hybridized carbons (Fsp3) is 0. The van der Waals surface area contributed by atoms with Crippen LogP contribution in [0.15, 0.2) is 29.4 Å². The minimum Gasteiger partial charge on any atom is -0.359 e. The van der Waals surface area contributed by atoms with Crippen LogP contribution >= 0.6 is 21.6 Å². The van der Waals surface area contributed by atoms with E-state index in [1.807, 2.05) is 18.2 Å². The van der Waals surface area contributed by atoms with Gasteiger partial charge in [-0.3, -0.25) is 4.79 Å².